The van der Waals surface area contributed by atoms with Gasteiger partial charge in [0.05, 0.1) is 6.10 Å². The summed E-state index contributed by atoms with van der Waals surface area (Å²) in [7, 11) is 3.78. The van der Waals surface area contributed by atoms with Gasteiger partial charge in [-0.3, -0.25) is 4.79 Å². The highest BCUT2D eigenvalue weighted by molar-refractivity contribution is 5.94. The Morgan fingerprint density at radius 1 is 1.17 bits per heavy atom. The van der Waals surface area contributed by atoms with Crippen molar-refractivity contribution in [2.75, 3.05) is 25.5 Å². The fourth-order valence-electron chi connectivity index (χ4n) is 2.08. The molecule has 0 aliphatic rings. The van der Waals surface area contributed by atoms with Crippen LogP contribution >= 0.6 is 0 Å². The molecule has 0 saturated carbocycles. The van der Waals surface area contributed by atoms with Crippen LogP contribution in [0.3, 0.4) is 0 Å². The van der Waals surface area contributed by atoms with Crippen molar-refractivity contribution in [1.82, 2.24) is 5.32 Å². The van der Waals surface area contributed by atoms with E-state index in [0.29, 0.717) is 11.6 Å². The molecule has 0 aliphatic carbocycles. The molecule has 6 heteroatoms. The lowest BCUT2D eigenvalue weighted by Crippen LogP contribution is -2.28. The quantitative estimate of drug-likeness (QED) is 0.890. The molecule has 122 valence electrons. The number of carbonyl (C=O) groups is 1. The molecule has 4 nitrogen and oxygen atoms in total. The summed E-state index contributed by atoms with van der Waals surface area (Å²) in [5.74, 6) is -1.94. The molecular weight excluding hydrogens is 302 g/mol. The Labute approximate surface area is 133 Å². The summed E-state index contributed by atoms with van der Waals surface area (Å²) < 4.78 is 26.4. The Morgan fingerprint density at radius 3 is 2.39 bits per heavy atom. The minimum absolute atomic E-state index is 0.0605. The molecule has 0 bridgehead atoms. The molecule has 0 fully saturated rings. The van der Waals surface area contributed by atoms with E-state index in [4.69, 9.17) is 0 Å². The largest absolute Gasteiger partial charge is 0.386 e. The minimum atomic E-state index is -1.25. The monoisotopic (exact) mass is 320 g/mol. The molecule has 0 heterocycles. The molecule has 1 unspecified atom stereocenters. The van der Waals surface area contributed by atoms with E-state index in [1.807, 2.05) is 19.0 Å². The van der Waals surface area contributed by atoms with Gasteiger partial charge in [-0.05, 0) is 30.3 Å². The lowest BCUT2D eigenvalue weighted by Gasteiger charge is -2.14. The summed E-state index contributed by atoms with van der Waals surface area (Å²) in [5, 5.41) is 12.4. The second kappa shape index (κ2) is 7.19. The van der Waals surface area contributed by atoms with Crippen LogP contribution in [0.5, 0.6) is 0 Å². The van der Waals surface area contributed by atoms with Gasteiger partial charge < -0.3 is 15.3 Å². The molecule has 2 N–H and O–H groups in total. The van der Waals surface area contributed by atoms with Gasteiger partial charge in [0, 0.05) is 43.5 Å². The number of aliphatic hydroxyl groups excluding tert-OH is 1. The van der Waals surface area contributed by atoms with Gasteiger partial charge in [0.1, 0.15) is 11.6 Å². The normalized spacial score (nSPS) is 11.9. The van der Waals surface area contributed by atoms with E-state index in [1.165, 1.54) is 0 Å². The number of rotatable bonds is 5. The van der Waals surface area contributed by atoms with Crippen molar-refractivity contribution >= 4 is 11.6 Å². The minimum Gasteiger partial charge on any atom is -0.386 e. The summed E-state index contributed by atoms with van der Waals surface area (Å²) in [6.45, 7) is -0.170. The predicted molar refractivity (Wildman–Crippen MR) is 84.4 cm³/mol. The molecule has 23 heavy (non-hydrogen) atoms. The Hall–Kier alpha value is -2.47. The third-order valence-corrected chi connectivity index (χ3v) is 3.42. The Balaban J connectivity index is 1.98. The van der Waals surface area contributed by atoms with Crippen LogP contribution in [0.2, 0.25) is 0 Å². The van der Waals surface area contributed by atoms with Gasteiger partial charge in [0.25, 0.3) is 5.91 Å². The highest BCUT2D eigenvalue weighted by Crippen LogP contribution is 2.18. The van der Waals surface area contributed by atoms with E-state index in [-0.39, 0.29) is 18.0 Å². The van der Waals surface area contributed by atoms with Crippen LogP contribution < -0.4 is 10.2 Å². The first-order valence-corrected chi connectivity index (χ1v) is 7.07. The first kappa shape index (κ1) is 16.9. The maximum Gasteiger partial charge on any atom is 0.251 e. The van der Waals surface area contributed by atoms with Crippen molar-refractivity contribution in [2.45, 2.75) is 6.10 Å². The van der Waals surface area contributed by atoms with E-state index >= 15 is 0 Å². The lowest BCUT2D eigenvalue weighted by atomic mass is 10.1. The summed E-state index contributed by atoms with van der Waals surface area (Å²) >= 11 is 0. The molecule has 0 spiro atoms. The summed E-state index contributed by atoms with van der Waals surface area (Å²) in [5.41, 5.74) is 1.33. The molecule has 2 aromatic rings. The van der Waals surface area contributed by atoms with E-state index in [1.54, 1.807) is 24.3 Å². The molecule has 2 aromatic carbocycles. The number of nitrogens with one attached hydrogen (secondary N) is 1. The van der Waals surface area contributed by atoms with Gasteiger partial charge in [-0.1, -0.05) is 6.07 Å². The number of amides is 1. The Kier molecular flexibility index (Phi) is 5.28. The van der Waals surface area contributed by atoms with Crippen LogP contribution in [-0.2, 0) is 0 Å². The predicted octanol–water partition coefficient (Wildman–Crippen LogP) is 2.49. The van der Waals surface area contributed by atoms with Crippen LogP contribution in [0.15, 0.2) is 42.5 Å². The standard InChI is InChI=1S/C17H18F2N2O2/c1-21(2)13-6-3-11(4-7-13)17(23)20-10-16(22)14-8-5-12(18)9-15(14)19/h3-9,16,22H,10H2,1-2H3,(H,20,23). The molecule has 0 aliphatic heterocycles. The summed E-state index contributed by atoms with van der Waals surface area (Å²) in [6, 6.07) is 9.83. The van der Waals surface area contributed by atoms with Crippen molar-refractivity contribution < 1.29 is 18.7 Å². The van der Waals surface area contributed by atoms with Gasteiger partial charge in [0.15, 0.2) is 0 Å². The van der Waals surface area contributed by atoms with Crippen LogP contribution in [0.4, 0.5) is 14.5 Å². The molecular formula is C17H18F2N2O2. The van der Waals surface area contributed by atoms with Crippen LogP contribution in [0.1, 0.15) is 22.0 Å². The van der Waals surface area contributed by atoms with Gasteiger partial charge in [-0.15, -0.1) is 0 Å². The van der Waals surface area contributed by atoms with E-state index in [2.05, 4.69) is 5.32 Å². The maximum absolute atomic E-state index is 13.6. The molecule has 0 saturated heterocycles. The zero-order valence-electron chi connectivity index (χ0n) is 12.9. The number of carbonyl (C=O) groups excluding carboxylic acids is 1. The summed E-state index contributed by atoms with van der Waals surface area (Å²) in [6.07, 6.45) is -1.25. The molecule has 0 aromatic heterocycles. The Bertz CT molecular complexity index is 687. The van der Waals surface area contributed by atoms with Crippen molar-refractivity contribution in [2.24, 2.45) is 0 Å². The van der Waals surface area contributed by atoms with Crippen LogP contribution in [0.25, 0.3) is 0 Å². The number of hydrogen-bond acceptors (Lipinski definition) is 3. The third-order valence-electron chi connectivity index (χ3n) is 3.42. The van der Waals surface area contributed by atoms with Gasteiger partial charge in [0.2, 0.25) is 0 Å². The smallest absolute Gasteiger partial charge is 0.251 e. The van der Waals surface area contributed by atoms with Crippen molar-refractivity contribution in [3.8, 4) is 0 Å². The van der Waals surface area contributed by atoms with Crippen LogP contribution in [-0.4, -0.2) is 31.7 Å². The lowest BCUT2D eigenvalue weighted by molar-refractivity contribution is 0.0914. The number of aliphatic hydroxyl groups is 1. The molecule has 2 rings (SSSR count). The first-order valence-electron chi connectivity index (χ1n) is 7.07. The van der Waals surface area contributed by atoms with E-state index < -0.39 is 17.7 Å². The number of hydrogen-bond donors (Lipinski definition) is 2. The Morgan fingerprint density at radius 2 is 1.83 bits per heavy atom. The van der Waals surface area contributed by atoms with Crippen molar-refractivity contribution in [1.29, 1.82) is 0 Å². The van der Waals surface area contributed by atoms with E-state index in [0.717, 1.165) is 17.8 Å². The summed E-state index contributed by atoms with van der Waals surface area (Å²) in [4.78, 5) is 13.9. The highest BCUT2D eigenvalue weighted by atomic mass is 19.1. The second-order valence-corrected chi connectivity index (χ2v) is 5.33. The number of benzene rings is 2. The zero-order chi connectivity index (χ0) is 17.0. The molecule has 1 amide bonds. The fourth-order valence-corrected chi connectivity index (χ4v) is 2.08. The van der Waals surface area contributed by atoms with Gasteiger partial charge >= 0.3 is 0 Å². The second-order valence-electron chi connectivity index (χ2n) is 5.33. The van der Waals surface area contributed by atoms with Crippen molar-refractivity contribution in [3.63, 3.8) is 0 Å². The average Bonchev–Trinajstić information content (AvgIpc) is 2.52. The number of nitrogens with zero attached hydrogens (tertiary/aromatic N) is 1. The highest BCUT2D eigenvalue weighted by Gasteiger charge is 2.15. The first-order chi connectivity index (χ1) is 10.9. The number of anilines is 1. The SMILES string of the molecule is CN(C)c1ccc(C(=O)NCC(O)c2ccc(F)cc2F)cc1. The van der Waals surface area contributed by atoms with E-state index in [9.17, 15) is 18.7 Å². The maximum atomic E-state index is 13.6. The average molecular weight is 320 g/mol. The number of halogens is 2. The third kappa shape index (κ3) is 4.26. The fraction of sp³-hybridized carbons (Fsp3) is 0.235. The zero-order valence-corrected chi connectivity index (χ0v) is 12.9. The molecule has 1 atom stereocenters. The molecule has 0 radical (unpaired) electrons. The van der Waals surface area contributed by atoms with Gasteiger partial charge in [-0.2, -0.15) is 0 Å². The van der Waals surface area contributed by atoms with Crippen LogP contribution in [0, 0.1) is 11.6 Å². The van der Waals surface area contributed by atoms with Crippen molar-refractivity contribution in [3.05, 3.63) is 65.2 Å². The topological polar surface area (TPSA) is 52.6 Å². The van der Waals surface area contributed by atoms with Gasteiger partial charge in [-0.25, -0.2) is 8.78 Å².